The third-order valence-electron chi connectivity index (χ3n) is 6.68. The number of halogens is 3. The van der Waals surface area contributed by atoms with Crippen LogP contribution in [-0.4, -0.2) is 43.9 Å². The number of nitrogens with zero attached hydrogens (tertiary/aromatic N) is 6. The fourth-order valence-corrected chi connectivity index (χ4v) is 5.61. The molecule has 1 aliphatic rings. The molecule has 0 atom stereocenters. The van der Waals surface area contributed by atoms with Crippen LogP contribution in [0.3, 0.4) is 0 Å². The van der Waals surface area contributed by atoms with Gasteiger partial charge in [0.05, 0.1) is 34.4 Å². The number of carbonyl (C=O) groups is 1. The van der Waals surface area contributed by atoms with E-state index in [1.54, 1.807) is 22.0 Å². The van der Waals surface area contributed by atoms with Crippen LogP contribution in [0.1, 0.15) is 31.0 Å². The number of carbonyl (C=O) groups excluding carboxylic acids is 1. The second kappa shape index (κ2) is 10.9. The van der Waals surface area contributed by atoms with E-state index >= 15 is 0 Å². The van der Waals surface area contributed by atoms with Crippen molar-refractivity contribution >= 4 is 56.5 Å². The Hall–Kier alpha value is -4.71. The third-order valence-corrected chi connectivity index (χ3v) is 7.60. The summed E-state index contributed by atoms with van der Waals surface area (Å²) in [7, 11) is 0. The smallest absolute Gasteiger partial charge is 0.406 e. The summed E-state index contributed by atoms with van der Waals surface area (Å²) in [5.41, 5.74) is 4.55. The Morgan fingerprint density at radius 1 is 1.05 bits per heavy atom. The normalized spacial score (nSPS) is 15.2. The van der Waals surface area contributed by atoms with Crippen molar-refractivity contribution in [2.45, 2.75) is 26.1 Å². The standard InChI is InChI=1S/C30H23F3N6O2S/c1-18(2)23-5-3-4-6-25(23)39-27(40)16-42-29(39)37-36-14-20-13-19-7-12-26-28(24(19)15-34-20)35-17-38(26)21-8-10-22(11-9-21)41-30(31,32)33/h3-15,17-18H,16H2,1-2H3/b36-14+,37-29-. The summed E-state index contributed by atoms with van der Waals surface area (Å²) < 4.78 is 43.2. The molecule has 3 aromatic carbocycles. The minimum atomic E-state index is -4.75. The zero-order valence-corrected chi connectivity index (χ0v) is 23.2. The van der Waals surface area contributed by atoms with E-state index in [0.29, 0.717) is 27.8 Å². The number of anilines is 1. The lowest BCUT2D eigenvalue weighted by molar-refractivity contribution is -0.274. The maximum atomic E-state index is 12.7. The van der Waals surface area contributed by atoms with Crippen LogP contribution in [0.5, 0.6) is 5.75 Å². The van der Waals surface area contributed by atoms with E-state index in [2.05, 4.69) is 38.8 Å². The molecule has 0 spiro atoms. The van der Waals surface area contributed by atoms with E-state index in [4.69, 9.17) is 0 Å². The zero-order chi connectivity index (χ0) is 29.4. The molecule has 0 N–H and O–H groups in total. The maximum Gasteiger partial charge on any atom is 0.573 e. The highest BCUT2D eigenvalue weighted by Crippen LogP contribution is 2.33. The Labute approximate surface area is 242 Å². The second-order valence-electron chi connectivity index (χ2n) is 9.78. The van der Waals surface area contributed by atoms with E-state index in [0.717, 1.165) is 27.5 Å². The van der Waals surface area contributed by atoms with Crippen LogP contribution in [0.15, 0.2) is 89.5 Å². The number of amides is 1. The van der Waals surface area contributed by atoms with E-state index in [9.17, 15) is 18.0 Å². The van der Waals surface area contributed by atoms with Gasteiger partial charge >= 0.3 is 6.36 Å². The van der Waals surface area contributed by atoms with Crippen molar-refractivity contribution < 1.29 is 22.7 Å². The number of para-hydroxylation sites is 1. The number of imidazole rings is 1. The van der Waals surface area contributed by atoms with Crippen molar-refractivity contribution in [1.29, 1.82) is 0 Å². The van der Waals surface area contributed by atoms with Gasteiger partial charge in [-0.25, -0.2) is 4.98 Å². The van der Waals surface area contributed by atoms with Crippen molar-refractivity contribution in [2.75, 3.05) is 10.7 Å². The van der Waals surface area contributed by atoms with Gasteiger partial charge in [-0.1, -0.05) is 49.9 Å². The summed E-state index contributed by atoms with van der Waals surface area (Å²) in [6, 6.07) is 19.0. The van der Waals surface area contributed by atoms with E-state index in [1.807, 2.05) is 42.5 Å². The molecule has 2 aromatic heterocycles. The van der Waals surface area contributed by atoms with Gasteiger partial charge in [0, 0.05) is 17.3 Å². The number of amidine groups is 1. The second-order valence-corrected chi connectivity index (χ2v) is 10.7. The molecule has 0 aliphatic carbocycles. The van der Waals surface area contributed by atoms with Gasteiger partial charge in [0.1, 0.15) is 12.1 Å². The molecule has 1 aliphatic heterocycles. The monoisotopic (exact) mass is 588 g/mol. The Morgan fingerprint density at radius 2 is 1.83 bits per heavy atom. The minimum Gasteiger partial charge on any atom is -0.406 e. The Morgan fingerprint density at radius 3 is 2.60 bits per heavy atom. The molecule has 0 radical (unpaired) electrons. The first kappa shape index (κ1) is 27.5. The van der Waals surface area contributed by atoms with Gasteiger partial charge in [0.15, 0.2) is 5.17 Å². The lowest BCUT2D eigenvalue weighted by Crippen LogP contribution is -2.30. The fourth-order valence-electron chi connectivity index (χ4n) is 4.79. The molecule has 212 valence electrons. The molecule has 0 unspecified atom stereocenters. The number of pyridine rings is 1. The third kappa shape index (κ3) is 5.45. The molecule has 1 fully saturated rings. The van der Waals surface area contributed by atoms with E-state index < -0.39 is 6.36 Å². The average molecular weight is 589 g/mol. The SMILES string of the molecule is CC(C)c1ccccc1N1C(=O)CS/C1=N\N=C\c1cc2ccc3c(ncn3-c3ccc(OC(F)(F)F)cc3)c2cn1. The highest BCUT2D eigenvalue weighted by Gasteiger charge is 2.32. The number of aromatic nitrogens is 3. The Kier molecular flexibility index (Phi) is 7.15. The first-order valence-electron chi connectivity index (χ1n) is 13.0. The molecule has 6 rings (SSSR count). The molecule has 12 heteroatoms. The van der Waals surface area contributed by atoms with Crippen LogP contribution >= 0.6 is 11.8 Å². The summed E-state index contributed by atoms with van der Waals surface area (Å²) >= 11 is 1.34. The van der Waals surface area contributed by atoms with Crippen LogP contribution < -0.4 is 9.64 Å². The summed E-state index contributed by atoms with van der Waals surface area (Å²) in [5, 5.41) is 10.8. The van der Waals surface area contributed by atoms with Crippen LogP contribution in [0.25, 0.3) is 27.5 Å². The maximum absolute atomic E-state index is 12.7. The fraction of sp³-hybridized carbons (Fsp3) is 0.167. The zero-order valence-electron chi connectivity index (χ0n) is 22.4. The number of ether oxygens (including phenoxy) is 1. The number of fused-ring (bicyclic) bond motifs is 3. The lowest BCUT2D eigenvalue weighted by Gasteiger charge is -2.20. The molecule has 8 nitrogen and oxygen atoms in total. The molecule has 3 heterocycles. The van der Waals surface area contributed by atoms with Gasteiger partial charge in [-0.3, -0.25) is 19.2 Å². The predicted octanol–water partition coefficient (Wildman–Crippen LogP) is 7.07. The Bertz CT molecular complexity index is 1870. The van der Waals surface area contributed by atoms with Gasteiger partial charge in [0.2, 0.25) is 5.91 Å². The van der Waals surface area contributed by atoms with Crippen molar-refractivity contribution in [2.24, 2.45) is 10.2 Å². The lowest BCUT2D eigenvalue weighted by atomic mass is 10.0. The number of thioether (sulfide) groups is 1. The minimum absolute atomic E-state index is 0.0417. The van der Waals surface area contributed by atoms with E-state index in [-0.39, 0.29) is 17.6 Å². The van der Waals surface area contributed by atoms with Crippen LogP contribution in [0.4, 0.5) is 18.9 Å². The van der Waals surface area contributed by atoms with Crippen molar-refractivity contribution in [1.82, 2.24) is 14.5 Å². The van der Waals surface area contributed by atoms with Crippen molar-refractivity contribution in [3.05, 3.63) is 90.5 Å². The van der Waals surface area contributed by atoms with Crippen molar-refractivity contribution in [3.63, 3.8) is 0 Å². The van der Waals surface area contributed by atoms with Crippen LogP contribution in [0, 0.1) is 0 Å². The molecule has 0 saturated carbocycles. The Balaban J connectivity index is 1.25. The summed E-state index contributed by atoms with van der Waals surface area (Å²) in [5.74, 6) is 0.196. The van der Waals surface area contributed by atoms with Gasteiger partial charge < -0.3 is 4.74 Å². The predicted molar refractivity (Wildman–Crippen MR) is 159 cm³/mol. The molecule has 1 amide bonds. The van der Waals surface area contributed by atoms with Gasteiger partial charge in [0.25, 0.3) is 0 Å². The largest absolute Gasteiger partial charge is 0.573 e. The quantitative estimate of drug-likeness (QED) is 0.157. The van der Waals surface area contributed by atoms with Gasteiger partial charge in [-0.15, -0.1) is 18.3 Å². The van der Waals surface area contributed by atoms with E-state index in [1.165, 1.54) is 42.2 Å². The van der Waals surface area contributed by atoms with Crippen molar-refractivity contribution in [3.8, 4) is 11.4 Å². The number of hydrogen-bond donors (Lipinski definition) is 0. The summed E-state index contributed by atoms with van der Waals surface area (Å²) in [6.45, 7) is 4.17. The number of rotatable bonds is 6. The number of hydrogen-bond acceptors (Lipinski definition) is 7. The molecular formula is C30H23F3N6O2S. The van der Waals surface area contributed by atoms with Crippen LogP contribution in [0.2, 0.25) is 0 Å². The molecule has 42 heavy (non-hydrogen) atoms. The summed E-state index contributed by atoms with van der Waals surface area (Å²) in [6.07, 6.45) is 0.0949. The molecular weight excluding hydrogens is 565 g/mol. The molecule has 5 aromatic rings. The molecule has 1 saturated heterocycles. The van der Waals surface area contributed by atoms with Gasteiger partial charge in [-0.05, 0) is 59.3 Å². The highest BCUT2D eigenvalue weighted by molar-refractivity contribution is 8.15. The highest BCUT2D eigenvalue weighted by atomic mass is 32.2. The van der Waals surface area contributed by atoms with Crippen LogP contribution in [-0.2, 0) is 4.79 Å². The van der Waals surface area contributed by atoms with Gasteiger partial charge in [-0.2, -0.15) is 5.10 Å². The first-order chi connectivity index (χ1) is 20.2. The first-order valence-corrected chi connectivity index (χ1v) is 13.9. The summed E-state index contributed by atoms with van der Waals surface area (Å²) in [4.78, 5) is 23.4. The number of alkyl halides is 3. The average Bonchev–Trinajstić information content (AvgIpc) is 3.56. The number of benzene rings is 3. The topological polar surface area (TPSA) is 85.0 Å². The molecule has 0 bridgehead atoms.